The summed E-state index contributed by atoms with van der Waals surface area (Å²) in [6.45, 7) is 0.215. The van der Waals surface area contributed by atoms with Gasteiger partial charge in [-0.1, -0.05) is 24.3 Å². The van der Waals surface area contributed by atoms with Crippen molar-refractivity contribution < 1.29 is 9.53 Å². The van der Waals surface area contributed by atoms with Gasteiger partial charge in [0.25, 0.3) is 5.91 Å². The average Bonchev–Trinajstić information content (AvgIpc) is 3.40. The van der Waals surface area contributed by atoms with E-state index in [1.165, 1.54) is 23.1 Å². The van der Waals surface area contributed by atoms with E-state index in [2.05, 4.69) is 25.5 Å². The van der Waals surface area contributed by atoms with E-state index in [9.17, 15) is 4.79 Å². The zero-order chi connectivity index (χ0) is 20.1. The predicted octanol–water partition coefficient (Wildman–Crippen LogP) is 3.65. The van der Waals surface area contributed by atoms with Gasteiger partial charge in [-0.3, -0.25) is 10.1 Å². The molecule has 4 aromatic rings. The fraction of sp³-hybridized carbons (Fsp3) is 0.105. The molecule has 0 aliphatic heterocycles. The summed E-state index contributed by atoms with van der Waals surface area (Å²) in [4.78, 5) is 21.5. The third-order valence-corrected chi connectivity index (χ3v) is 5.50. The van der Waals surface area contributed by atoms with Crippen LogP contribution in [0.2, 0.25) is 0 Å². The summed E-state index contributed by atoms with van der Waals surface area (Å²) < 4.78 is 7.60. The largest absolute Gasteiger partial charge is 0.489 e. The van der Waals surface area contributed by atoms with Gasteiger partial charge in [-0.15, -0.1) is 21.5 Å². The number of carbonyl (C=O) groups is 1. The number of thiazole rings is 1. The van der Waals surface area contributed by atoms with Crippen LogP contribution in [0.4, 0.5) is 5.13 Å². The normalized spacial score (nSPS) is 10.7. The number of para-hydroxylation sites is 1. The molecule has 4 rings (SSSR count). The third kappa shape index (κ3) is 4.79. The van der Waals surface area contributed by atoms with Gasteiger partial charge in [0.2, 0.25) is 0 Å². The second kappa shape index (κ2) is 8.84. The number of aryl methyl sites for hydroxylation is 1. The van der Waals surface area contributed by atoms with Gasteiger partial charge in [0.1, 0.15) is 29.4 Å². The summed E-state index contributed by atoms with van der Waals surface area (Å²) in [5.41, 5.74) is 0.952. The van der Waals surface area contributed by atoms with E-state index in [-0.39, 0.29) is 18.2 Å². The number of anilines is 1. The number of pyridine rings is 1. The Morgan fingerprint density at radius 3 is 2.83 bits per heavy atom. The standard InChI is InChI=1S/C19H16N6O2S2/c1-25-12-21-24-19(25)29-15-8-7-13(11-27-14-5-3-2-4-6-14)16(22-15)17(26)23-18-20-9-10-28-18/h2-10,12H,11H2,1H3,(H,20,23,26). The Hall–Kier alpha value is -3.24. The van der Waals surface area contributed by atoms with Crippen LogP contribution in [-0.4, -0.2) is 30.6 Å². The van der Waals surface area contributed by atoms with Crippen LogP contribution >= 0.6 is 23.1 Å². The topological polar surface area (TPSA) is 94.8 Å². The van der Waals surface area contributed by atoms with Crippen molar-refractivity contribution >= 4 is 34.1 Å². The molecule has 0 saturated heterocycles. The summed E-state index contributed by atoms with van der Waals surface area (Å²) in [5, 5.41) is 14.3. The highest BCUT2D eigenvalue weighted by Crippen LogP contribution is 2.26. The van der Waals surface area contributed by atoms with Crippen molar-refractivity contribution in [3.63, 3.8) is 0 Å². The van der Waals surface area contributed by atoms with Gasteiger partial charge in [-0.2, -0.15) is 0 Å². The van der Waals surface area contributed by atoms with Crippen LogP contribution < -0.4 is 10.1 Å². The van der Waals surface area contributed by atoms with E-state index in [0.29, 0.717) is 20.9 Å². The third-order valence-electron chi connectivity index (χ3n) is 3.82. The van der Waals surface area contributed by atoms with Crippen LogP contribution in [0, 0.1) is 0 Å². The SMILES string of the molecule is Cn1cnnc1Sc1ccc(COc2ccccc2)c(C(=O)Nc2nccs2)n1. The van der Waals surface area contributed by atoms with Crippen molar-refractivity contribution in [1.82, 2.24) is 24.7 Å². The second-order valence-electron chi connectivity index (χ2n) is 5.88. The molecule has 3 heterocycles. The zero-order valence-electron chi connectivity index (χ0n) is 15.3. The van der Waals surface area contributed by atoms with Gasteiger partial charge < -0.3 is 9.30 Å². The number of aromatic nitrogens is 5. The number of benzene rings is 1. The Morgan fingerprint density at radius 1 is 1.24 bits per heavy atom. The van der Waals surface area contributed by atoms with Gasteiger partial charge in [0.15, 0.2) is 10.3 Å². The van der Waals surface area contributed by atoms with Gasteiger partial charge in [0.05, 0.1) is 0 Å². The maximum atomic E-state index is 12.9. The molecule has 0 aliphatic rings. The van der Waals surface area contributed by atoms with E-state index in [1.807, 2.05) is 49.5 Å². The molecule has 1 aromatic carbocycles. The molecule has 1 amide bonds. The molecule has 0 aliphatic carbocycles. The summed E-state index contributed by atoms with van der Waals surface area (Å²) in [5.74, 6) is 0.378. The predicted molar refractivity (Wildman–Crippen MR) is 110 cm³/mol. The molecule has 0 atom stereocenters. The Kier molecular flexibility index (Phi) is 5.82. The highest BCUT2D eigenvalue weighted by Gasteiger charge is 2.17. The smallest absolute Gasteiger partial charge is 0.276 e. The van der Waals surface area contributed by atoms with Crippen LogP contribution in [0.15, 0.2) is 70.6 Å². The van der Waals surface area contributed by atoms with Crippen molar-refractivity contribution in [1.29, 1.82) is 0 Å². The fourth-order valence-corrected chi connectivity index (χ4v) is 3.68. The van der Waals surface area contributed by atoms with Gasteiger partial charge >= 0.3 is 0 Å². The number of hydrogen-bond donors (Lipinski definition) is 1. The highest BCUT2D eigenvalue weighted by molar-refractivity contribution is 7.99. The number of amides is 1. The minimum absolute atomic E-state index is 0.215. The molecule has 0 saturated carbocycles. The Balaban J connectivity index is 1.59. The monoisotopic (exact) mass is 424 g/mol. The van der Waals surface area contributed by atoms with E-state index < -0.39 is 0 Å². The molecule has 10 heteroatoms. The average molecular weight is 425 g/mol. The van der Waals surface area contributed by atoms with Crippen LogP contribution in [0.5, 0.6) is 5.75 Å². The molecule has 0 spiro atoms. The minimum Gasteiger partial charge on any atom is -0.489 e. The van der Waals surface area contributed by atoms with Crippen LogP contribution in [0.1, 0.15) is 16.1 Å². The zero-order valence-corrected chi connectivity index (χ0v) is 17.0. The Morgan fingerprint density at radius 2 is 2.10 bits per heavy atom. The number of rotatable bonds is 7. The molecule has 3 aromatic heterocycles. The summed E-state index contributed by atoms with van der Waals surface area (Å²) in [6.07, 6.45) is 3.24. The van der Waals surface area contributed by atoms with Crippen LogP contribution in [-0.2, 0) is 13.7 Å². The lowest BCUT2D eigenvalue weighted by molar-refractivity contribution is 0.101. The number of carbonyl (C=O) groups excluding carboxylic acids is 1. The van der Waals surface area contributed by atoms with Crippen molar-refractivity contribution in [3.8, 4) is 5.75 Å². The number of hydrogen-bond acceptors (Lipinski definition) is 8. The quantitative estimate of drug-likeness (QED) is 0.484. The first-order valence-corrected chi connectivity index (χ1v) is 10.3. The maximum absolute atomic E-state index is 12.9. The molecule has 146 valence electrons. The minimum atomic E-state index is -0.341. The molecule has 29 heavy (non-hydrogen) atoms. The molecule has 8 nitrogen and oxygen atoms in total. The summed E-state index contributed by atoms with van der Waals surface area (Å²) in [6, 6.07) is 13.1. The highest BCUT2D eigenvalue weighted by atomic mass is 32.2. The molecule has 0 unspecified atom stereocenters. The molecular formula is C19H16N6O2S2. The molecule has 0 fully saturated rings. The van der Waals surface area contributed by atoms with Crippen molar-refractivity contribution in [2.45, 2.75) is 16.8 Å². The lowest BCUT2D eigenvalue weighted by Gasteiger charge is -2.11. The molecule has 1 N–H and O–H groups in total. The van der Waals surface area contributed by atoms with Crippen LogP contribution in [0.25, 0.3) is 0 Å². The van der Waals surface area contributed by atoms with E-state index in [1.54, 1.807) is 22.5 Å². The second-order valence-corrected chi connectivity index (χ2v) is 7.76. The van der Waals surface area contributed by atoms with Crippen molar-refractivity contribution in [2.75, 3.05) is 5.32 Å². The Labute approximate surface area is 175 Å². The molecular weight excluding hydrogens is 408 g/mol. The van der Waals surface area contributed by atoms with Crippen LogP contribution in [0.3, 0.4) is 0 Å². The molecule has 0 bridgehead atoms. The fourth-order valence-electron chi connectivity index (χ4n) is 2.42. The van der Waals surface area contributed by atoms with E-state index >= 15 is 0 Å². The lowest BCUT2D eigenvalue weighted by Crippen LogP contribution is -2.17. The Bertz CT molecular complexity index is 1100. The van der Waals surface area contributed by atoms with E-state index in [4.69, 9.17) is 4.74 Å². The number of nitrogens with one attached hydrogen (secondary N) is 1. The first-order valence-electron chi connectivity index (χ1n) is 8.59. The maximum Gasteiger partial charge on any atom is 0.276 e. The first kappa shape index (κ1) is 19.1. The van der Waals surface area contributed by atoms with Crippen molar-refractivity contribution in [3.05, 3.63) is 71.6 Å². The number of nitrogens with zero attached hydrogens (tertiary/aromatic N) is 5. The first-order chi connectivity index (χ1) is 14.2. The van der Waals surface area contributed by atoms with Crippen molar-refractivity contribution in [2.24, 2.45) is 7.05 Å². The van der Waals surface area contributed by atoms with Gasteiger partial charge in [0, 0.05) is 24.2 Å². The van der Waals surface area contributed by atoms with E-state index in [0.717, 1.165) is 5.75 Å². The van der Waals surface area contributed by atoms with Gasteiger partial charge in [-0.25, -0.2) is 9.97 Å². The van der Waals surface area contributed by atoms with Gasteiger partial charge in [-0.05, 0) is 30.0 Å². The summed E-state index contributed by atoms with van der Waals surface area (Å²) >= 11 is 2.67. The summed E-state index contributed by atoms with van der Waals surface area (Å²) in [7, 11) is 1.85. The number of ether oxygens (including phenoxy) is 1. The molecule has 0 radical (unpaired) electrons. The lowest BCUT2D eigenvalue weighted by atomic mass is 10.2.